The number of rotatable bonds is 30. The fourth-order valence-electron chi connectivity index (χ4n) is 3.42. The fraction of sp³-hybridized carbons (Fsp3) is 1.00. The summed E-state index contributed by atoms with van der Waals surface area (Å²) in [7, 11) is -7.69. The van der Waals surface area contributed by atoms with Gasteiger partial charge in [-0.15, -0.1) is 13.6 Å². The first kappa shape index (κ1) is 37.6. The molecule has 216 valence electrons. The minimum absolute atomic E-state index is 0.268. The SMILES string of the molecule is CCCCCCCCO[P+](=O)[O][Al]([O][P+](=O)OCCCCCCCC)[O][P+](=O)OCCCCCCCC. The van der Waals surface area contributed by atoms with Gasteiger partial charge >= 0.3 is 39.9 Å². The van der Waals surface area contributed by atoms with E-state index < -0.39 is 39.9 Å². The van der Waals surface area contributed by atoms with Gasteiger partial charge in [-0.25, -0.2) is 0 Å². The second-order valence-electron chi connectivity index (χ2n) is 9.08. The predicted octanol–water partition coefficient (Wildman–Crippen LogP) is 10.1. The Bertz CT molecular complexity index is 498. The van der Waals surface area contributed by atoms with Crippen molar-refractivity contribution in [2.24, 2.45) is 0 Å². The Hall–Kier alpha value is 0.592. The fourth-order valence-corrected chi connectivity index (χ4v) is 8.18. The van der Waals surface area contributed by atoms with Crippen molar-refractivity contribution >= 4 is 39.9 Å². The normalized spacial score (nSPS) is 12.6. The molecule has 0 rings (SSSR count). The zero-order valence-electron chi connectivity index (χ0n) is 23.4. The van der Waals surface area contributed by atoms with Crippen molar-refractivity contribution in [3.63, 3.8) is 0 Å². The molecule has 0 saturated carbocycles. The van der Waals surface area contributed by atoms with Crippen molar-refractivity contribution in [2.75, 3.05) is 19.8 Å². The number of hydrogen-bond donors (Lipinski definition) is 0. The molecule has 0 aliphatic heterocycles. The van der Waals surface area contributed by atoms with E-state index in [0.717, 1.165) is 57.8 Å². The van der Waals surface area contributed by atoms with Crippen LogP contribution < -0.4 is 0 Å². The molecule has 0 fully saturated rings. The van der Waals surface area contributed by atoms with Crippen molar-refractivity contribution in [1.82, 2.24) is 0 Å². The summed E-state index contributed by atoms with van der Waals surface area (Å²) in [4.78, 5) is 0. The summed E-state index contributed by atoms with van der Waals surface area (Å²) in [6.45, 7) is 7.29. The summed E-state index contributed by atoms with van der Waals surface area (Å²) in [5.41, 5.74) is 0. The van der Waals surface area contributed by atoms with E-state index in [1.165, 1.54) is 57.8 Å². The number of unbranched alkanes of at least 4 members (excludes halogenated alkanes) is 15. The van der Waals surface area contributed by atoms with Gasteiger partial charge in [0.05, 0.1) is 0 Å². The van der Waals surface area contributed by atoms with Crippen molar-refractivity contribution in [3.05, 3.63) is 0 Å². The predicted molar refractivity (Wildman–Crippen MR) is 150 cm³/mol. The first-order valence-corrected chi connectivity index (χ1v) is 19.0. The van der Waals surface area contributed by atoms with Crippen LogP contribution in [0.4, 0.5) is 0 Å². The maximum Gasteiger partial charge on any atom is 1.05 e. The zero-order valence-corrected chi connectivity index (χ0v) is 27.3. The van der Waals surface area contributed by atoms with Gasteiger partial charge in [-0.3, -0.25) is 0 Å². The molecule has 13 heteroatoms. The molecule has 0 amide bonds. The molecule has 0 heterocycles. The van der Waals surface area contributed by atoms with E-state index in [1.54, 1.807) is 0 Å². The second kappa shape index (κ2) is 29.6. The van der Waals surface area contributed by atoms with Crippen LogP contribution in [0.25, 0.3) is 0 Å². The Balaban J connectivity index is 4.40. The molecular formula is C24H51AlO9P3+3. The van der Waals surface area contributed by atoms with E-state index >= 15 is 0 Å². The lowest BCUT2D eigenvalue weighted by molar-refractivity contribution is 0.210. The van der Waals surface area contributed by atoms with E-state index in [1.807, 2.05) is 0 Å². The molecule has 0 radical (unpaired) electrons. The summed E-state index contributed by atoms with van der Waals surface area (Å²) in [5, 5.41) is 0. The Kier molecular flexibility index (Phi) is 30.0. The molecule has 0 aromatic carbocycles. The summed E-state index contributed by atoms with van der Waals surface area (Å²) >= 11 is -3.36. The summed E-state index contributed by atoms with van der Waals surface area (Å²) < 4.78 is 68.1. The maximum atomic E-state index is 12.2. The third-order valence-electron chi connectivity index (χ3n) is 5.60. The van der Waals surface area contributed by atoms with Crippen LogP contribution in [0.5, 0.6) is 0 Å². The molecule has 0 N–H and O–H groups in total. The minimum atomic E-state index is -3.36. The Labute approximate surface area is 233 Å². The molecule has 37 heavy (non-hydrogen) atoms. The standard InChI is InChI=1S/3C8H17O3P.Al/c3*1-2-3-4-5-6-7-8-11-12(9)10;/h3*2-8H2,1H3;/q;;;+3. The van der Waals surface area contributed by atoms with Crippen LogP contribution in [-0.4, -0.2) is 35.0 Å². The highest BCUT2D eigenvalue weighted by Gasteiger charge is 2.59. The average molecular weight is 604 g/mol. The molecule has 9 nitrogen and oxygen atoms in total. The van der Waals surface area contributed by atoms with Gasteiger partial charge in [0.2, 0.25) is 0 Å². The van der Waals surface area contributed by atoms with Gasteiger partial charge in [0.1, 0.15) is 19.8 Å². The van der Waals surface area contributed by atoms with Crippen LogP contribution in [0.3, 0.4) is 0 Å². The molecule has 0 spiro atoms. The molecule has 0 saturated heterocycles. The van der Waals surface area contributed by atoms with Crippen LogP contribution in [-0.2, 0) is 38.0 Å². The molecule has 3 atom stereocenters. The van der Waals surface area contributed by atoms with Crippen LogP contribution in [0.15, 0.2) is 0 Å². The topological polar surface area (TPSA) is 107 Å². The Morgan fingerprint density at radius 3 is 0.919 bits per heavy atom. The largest absolute Gasteiger partial charge is 1.05 e. The van der Waals surface area contributed by atoms with Crippen LogP contribution in [0.2, 0.25) is 0 Å². The van der Waals surface area contributed by atoms with Gasteiger partial charge in [-0.05, 0) is 19.3 Å². The Morgan fingerprint density at radius 2 is 0.649 bits per heavy atom. The quantitative estimate of drug-likeness (QED) is 0.0450. The Morgan fingerprint density at radius 1 is 0.405 bits per heavy atom. The van der Waals surface area contributed by atoms with Crippen molar-refractivity contribution in [3.8, 4) is 0 Å². The molecule has 0 aromatic rings. The molecular weight excluding hydrogens is 552 g/mol. The van der Waals surface area contributed by atoms with Gasteiger partial charge in [0.15, 0.2) is 0 Å². The van der Waals surface area contributed by atoms with Gasteiger partial charge in [0, 0.05) is 13.7 Å². The van der Waals surface area contributed by atoms with E-state index in [2.05, 4.69) is 20.8 Å². The van der Waals surface area contributed by atoms with E-state index in [0.29, 0.717) is 0 Å². The average Bonchev–Trinajstić information content (AvgIpc) is 2.87. The second-order valence-corrected chi connectivity index (χ2v) is 14.3. The van der Waals surface area contributed by atoms with Crippen molar-refractivity contribution in [2.45, 2.75) is 136 Å². The summed E-state index contributed by atoms with van der Waals surface area (Å²) in [6.07, 6.45) is 19.2. The van der Waals surface area contributed by atoms with Crippen molar-refractivity contribution < 1.29 is 38.0 Å². The van der Waals surface area contributed by atoms with E-state index in [-0.39, 0.29) is 19.8 Å². The first-order chi connectivity index (χ1) is 18.0. The highest BCUT2D eigenvalue weighted by Crippen LogP contribution is 2.36. The molecule has 3 unspecified atom stereocenters. The molecule has 0 aliphatic rings. The zero-order chi connectivity index (χ0) is 27.4. The molecule has 0 aromatic heterocycles. The maximum absolute atomic E-state index is 12.2. The van der Waals surface area contributed by atoms with Gasteiger partial charge in [0.25, 0.3) is 0 Å². The third kappa shape index (κ3) is 27.9. The lowest BCUT2D eigenvalue weighted by Crippen LogP contribution is -2.19. The highest BCUT2D eigenvalue weighted by atomic mass is 31.1. The summed E-state index contributed by atoms with van der Waals surface area (Å²) in [6, 6.07) is 0. The van der Waals surface area contributed by atoms with Crippen LogP contribution in [0, 0.1) is 0 Å². The minimum Gasteiger partial charge on any atom is -0.173 e. The lowest BCUT2D eigenvalue weighted by atomic mass is 10.1. The van der Waals surface area contributed by atoms with Gasteiger partial charge < -0.3 is 0 Å². The van der Waals surface area contributed by atoms with Crippen molar-refractivity contribution in [1.29, 1.82) is 0 Å². The number of hydrogen-bond acceptors (Lipinski definition) is 9. The van der Waals surface area contributed by atoms with E-state index in [9.17, 15) is 13.7 Å². The monoisotopic (exact) mass is 603 g/mol. The molecule has 0 bridgehead atoms. The highest BCUT2D eigenvalue weighted by molar-refractivity contribution is 7.39. The van der Waals surface area contributed by atoms with Crippen LogP contribution in [0.1, 0.15) is 136 Å². The smallest absolute Gasteiger partial charge is 0.173 e. The van der Waals surface area contributed by atoms with Gasteiger partial charge in [-0.2, -0.15) is 10.7 Å². The van der Waals surface area contributed by atoms with Crippen LogP contribution >= 0.6 is 24.8 Å². The first-order valence-electron chi connectivity index (χ1n) is 14.3. The van der Waals surface area contributed by atoms with E-state index in [4.69, 9.17) is 24.3 Å². The molecule has 0 aliphatic carbocycles. The third-order valence-corrected chi connectivity index (χ3v) is 10.9. The van der Waals surface area contributed by atoms with Gasteiger partial charge in [-0.1, -0.05) is 117 Å². The summed E-state index contributed by atoms with van der Waals surface area (Å²) in [5.74, 6) is 0. The lowest BCUT2D eigenvalue weighted by Gasteiger charge is -1.98.